The number of aryl methyl sites for hydroxylation is 2. The fourth-order valence-electron chi connectivity index (χ4n) is 3.68. The highest BCUT2D eigenvalue weighted by Crippen LogP contribution is 2.28. The Bertz CT molecular complexity index is 800. The largest absolute Gasteiger partial charge is 0.492 e. The van der Waals surface area contributed by atoms with Crippen LogP contribution in [-0.4, -0.2) is 47.5 Å². The summed E-state index contributed by atoms with van der Waals surface area (Å²) in [6.07, 6.45) is 0.713. The number of ether oxygens (including phenoxy) is 2. The molecule has 1 aliphatic heterocycles. The maximum Gasteiger partial charge on any atom is 0.229 e. The lowest BCUT2D eigenvalue weighted by Gasteiger charge is -2.30. The highest BCUT2D eigenvalue weighted by Gasteiger charge is 2.30. The summed E-state index contributed by atoms with van der Waals surface area (Å²) in [6, 6.07) is 7.95. The zero-order valence-electron chi connectivity index (χ0n) is 16.7. The number of fused-ring (bicyclic) bond motifs is 1. The molecule has 2 heterocycles. The van der Waals surface area contributed by atoms with Crippen molar-refractivity contribution in [3.05, 3.63) is 46.8 Å². The van der Waals surface area contributed by atoms with E-state index in [-0.39, 0.29) is 11.8 Å². The van der Waals surface area contributed by atoms with Gasteiger partial charge >= 0.3 is 0 Å². The topological polar surface area (TPSA) is 56.6 Å². The van der Waals surface area contributed by atoms with Crippen LogP contribution >= 0.6 is 0 Å². The second-order valence-corrected chi connectivity index (χ2v) is 7.04. The van der Waals surface area contributed by atoms with E-state index in [1.54, 1.807) is 7.11 Å². The molecule has 2 aromatic rings. The number of amides is 1. The number of carbonyl (C=O) groups excluding carboxylic acids is 1. The predicted octanol–water partition coefficient (Wildman–Crippen LogP) is 2.75. The molecule has 1 aliphatic rings. The van der Waals surface area contributed by atoms with Crippen molar-refractivity contribution in [3.63, 3.8) is 0 Å². The molecule has 1 aromatic carbocycles. The Balaban J connectivity index is 1.78. The SMILES string of the molecule is CCn1nc(C)c(CN(CCOC)C(=O)[C@H]2COc3ccccc3C2)c1C. The monoisotopic (exact) mass is 371 g/mol. The molecule has 0 saturated heterocycles. The van der Waals surface area contributed by atoms with Crippen LogP contribution in [0.25, 0.3) is 0 Å². The Hall–Kier alpha value is -2.34. The number of hydrogen-bond acceptors (Lipinski definition) is 4. The van der Waals surface area contributed by atoms with Crippen molar-refractivity contribution < 1.29 is 14.3 Å². The van der Waals surface area contributed by atoms with Gasteiger partial charge in [-0.05, 0) is 38.8 Å². The predicted molar refractivity (Wildman–Crippen MR) is 104 cm³/mol. The molecule has 0 fully saturated rings. The van der Waals surface area contributed by atoms with Crippen molar-refractivity contribution in [2.45, 2.75) is 40.3 Å². The van der Waals surface area contributed by atoms with E-state index in [0.717, 1.165) is 34.8 Å². The van der Waals surface area contributed by atoms with Crippen LogP contribution in [0.2, 0.25) is 0 Å². The summed E-state index contributed by atoms with van der Waals surface area (Å²) in [6.45, 7) is 9.02. The molecule has 0 aliphatic carbocycles. The first-order valence-electron chi connectivity index (χ1n) is 9.56. The van der Waals surface area contributed by atoms with Gasteiger partial charge in [0, 0.05) is 38.0 Å². The van der Waals surface area contributed by atoms with E-state index >= 15 is 0 Å². The van der Waals surface area contributed by atoms with Gasteiger partial charge in [-0.2, -0.15) is 5.10 Å². The number of benzene rings is 1. The Morgan fingerprint density at radius 2 is 2.15 bits per heavy atom. The van der Waals surface area contributed by atoms with Gasteiger partial charge in [-0.1, -0.05) is 18.2 Å². The molecular formula is C21H29N3O3. The minimum Gasteiger partial charge on any atom is -0.492 e. The standard InChI is InChI=1S/C21H29N3O3/c1-5-24-16(3)19(15(2)22-24)13-23(10-11-26-4)21(25)18-12-17-8-6-7-9-20(17)27-14-18/h6-9,18H,5,10-14H2,1-4H3/t18-/m1/s1. The molecule has 0 bridgehead atoms. The zero-order valence-corrected chi connectivity index (χ0v) is 16.7. The average molecular weight is 371 g/mol. The van der Waals surface area contributed by atoms with Gasteiger partial charge in [-0.25, -0.2) is 0 Å². The third kappa shape index (κ3) is 4.16. The maximum atomic E-state index is 13.3. The fraction of sp³-hybridized carbons (Fsp3) is 0.524. The van der Waals surface area contributed by atoms with E-state index in [1.807, 2.05) is 40.8 Å². The van der Waals surface area contributed by atoms with E-state index in [0.29, 0.717) is 32.7 Å². The third-order valence-electron chi connectivity index (χ3n) is 5.29. The van der Waals surface area contributed by atoms with E-state index in [9.17, 15) is 4.79 Å². The first kappa shape index (κ1) is 19.4. The molecule has 6 heteroatoms. The number of hydrogen-bond donors (Lipinski definition) is 0. The molecule has 1 aromatic heterocycles. The van der Waals surface area contributed by atoms with Gasteiger partial charge in [0.25, 0.3) is 0 Å². The van der Waals surface area contributed by atoms with Crippen LogP contribution in [-0.2, 0) is 29.0 Å². The van der Waals surface area contributed by atoms with Gasteiger partial charge in [-0.15, -0.1) is 0 Å². The first-order valence-corrected chi connectivity index (χ1v) is 9.56. The lowest BCUT2D eigenvalue weighted by Crippen LogP contribution is -2.42. The molecule has 6 nitrogen and oxygen atoms in total. The van der Waals surface area contributed by atoms with Crippen LogP contribution < -0.4 is 4.74 Å². The van der Waals surface area contributed by atoms with E-state index in [4.69, 9.17) is 9.47 Å². The fourth-order valence-corrected chi connectivity index (χ4v) is 3.68. The molecule has 1 atom stereocenters. The molecule has 27 heavy (non-hydrogen) atoms. The molecule has 0 radical (unpaired) electrons. The van der Waals surface area contributed by atoms with Gasteiger partial charge in [0.2, 0.25) is 5.91 Å². The summed E-state index contributed by atoms with van der Waals surface area (Å²) < 4.78 is 13.1. The minimum atomic E-state index is -0.168. The number of methoxy groups -OCH3 is 1. The minimum absolute atomic E-state index is 0.115. The van der Waals surface area contributed by atoms with Gasteiger partial charge in [0.05, 0.1) is 18.2 Å². The Morgan fingerprint density at radius 3 is 2.85 bits per heavy atom. The van der Waals surface area contributed by atoms with Crippen molar-refractivity contribution >= 4 is 5.91 Å². The molecule has 146 valence electrons. The summed E-state index contributed by atoms with van der Waals surface area (Å²) in [5.41, 5.74) is 4.32. The summed E-state index contributed by atoms with van der Waals surface area (Å²) in [7, 11) is 1.66. The highest BCUT2D eigenvalue weighted by molar-refractivity contribution is 5.80. The summed E-state index contributed by atoms with van der Waals surface area (Å²) in [5, 5.41) is 4.59. The van der Waals surface area contributed by atoms with Crippen molar-refractivity contribution in [2.24, 2.45) is 5.92 Å². The van der Waals surface area contributed by atoms with Crippen LogP contribution in [0.15, 0.2) is 24.3 Å². The van der Waals surface area contributed by atoms with Crippen molar-refractivity contribution in [2.75, 3.05) is 26.9 Å². The summed E-state index contributed by atoms with van der Waals surface area (Å²) in [5.74, 6) is 0.837. The van der Waals surface area contributed by atoms with Gasteiger partial charge in [0.1, 0.15) is 12.4 Å². The number of rotatable bonds is 7. The van der Waals surface area contributed by atoms with Crippen molar-refractivity contribution in [1.82, 2.24) is 14.7 Å². The highest BCUT2D eigenvalue weighted by atomic mass is 16.5. The summed E-state index contributed by atoms with van der Waals surface area (Å²) >= 11 is 0. The van der Waals surface area contributed by atoms with Crippen LogP contribution in [0.4, 0.5) is 0 Å². The molecule has 3 rings (SSSR count). The van der Waals surface area contributed by atoms with Gasteiger partial charge in [0.15, 0.2) is 0 Å². The van der Waals surface area contributed by atoms with Gasteiger partial charge < -0.3 is 14.4 Å². The van der Waals surface area contributed by atoms with E-state index < -0.39 is 0 Å². The van der Waals surface area contributed by atoms with Crippen LogP contribution in [0.3, 0.4) is 0 Å². The lowest BCUT2D eigenvalue weighted by atomic mass is 9.95. The van der Waals surface area contributed by atoms with Crippen molar-refractivity contribution in [1.29, 1.82) is 0 Å². The van der Waals surface area contributed by atoms with Crippen LogP contribution in [0, 0.1) is 19.8 Å². The average Bonchev–Trinajstić information content (AvgIpc) is 2.97. The zero-order chi connectivity index (χ0) is 19.4. The first-order chi connectivity index (χ1) is 13.0. The third-order valence-corrected chi connectivity index (χ3v) is 5.29. The number of nitrogens with zero attached hydrogens (tertiary/aromatic N) is 3. The smallest absolute Gasteiger partial charge is 0.229 e. The Kier molecular flexibility index (Phi) is 6.16. The molecule has 1 amide bonds. The van der Waals surface area contributed by atoms with Crippen LogP contribution in [0.1, 0.15) is 29.4 Å². The van der Waals surface area contributed by atoms with Gasteiger partial charge in [-0.3, -0.25) is 9.48 Å². The lowest BCUT2D eigenvalue weighted by molar-refractivity contribution is -0.138. The number of para-hydroxylation sites is 1. The van der Waals surface area contributed by atoms with Crippen molar-refractivity contribution in [3.8, 4) is 5.75 Å². The second-order valence-electron chi connectivity index (χ2n) is 7.04. The molecule has 0 unspecified atom stereocenters. The Labute approximate surface area is 161 Å². The number of aromatic nitrogens is 2. The molecule has 0 spiro atoms. The van der Waals surface area contributed by atoms with Crippen LogP contribution in [0.5, 0.6) is 5.75 Å². The Morgan fingerprint density at radius 1 is 1.37 bits per heavy atom. The number of carbonyl (C=O) groups is 1. The normalized spacial score (nSPS) is 15.9. The molecular weight excluding hydrogens is 342 g/mol. The van der Waals surface area contributed by atoms with E-state index in [1.165, 1.54) is 0 Å². The maximum absolute atomic E-state index is 13.3. The molecule has 0 N–H and O–H groups in total. The second kappa shape index (κ2) is 8.57. The quantitative estimate of drug-likeness (QED) is 0.751. The summed E-state index contributed by atoms with van der Waals surface area (Å²) in [4.78, 5) is 15.2. The van der Waals surface area contributed by atoms with E-state index in [2.05, 4.69) is 18.9 Å². The molecule has 0 saturated carbocycles.